The lowest BCUT2D eigenvalue weighted by Crippen LogP contribution is -2.45. The summed E-state index contributed by atoms with van der Waals surface area (Å²) in [6, 6.07) is 3.23. The number of piperidine rings is 1. The molecule has 3 aromatic rings. The molecular formula is C15H15ClN6O2. The first-order valence-electron chi connectivity index (χ1n) is 7.66. The van der Waals surface area contributed by atoms with Gasteiger partial charge in [-0.05, 0) is 36.6 Å². The second kappa shape index (κ2) is 6.12. The largest absolute Gasteiger partial charge is 0.440 e. The lowest BCUT2D eigenvalue weighted by atomic mass is 10.0. The number of imidazole rings is 1. The number of rotatable bonds is 3. The van der Waals surface area contributed by atoms with Gasteiger partial charge in [0.05, 0.1) is 6.33 Å². The van der Waals surface area contributed by atoms with Crippen LogP contribution in [0.2, 0.25) is 5.22 Å². The highest BCUT2D eigenvalue weighted by atomic mass is 35.5. The number of halogens is 1. The maximum atomic E-state index is 12.1. The fourth-order valence-corrected chi connectivity index (χ4v) is 3.07. The standard InChI is InChI=1S/C15H15ClN6O2/c16-11-2-1-10(24-11)15(23)21-9-3-5-22(6-4-9)14-12-13(18-7-17-12)19-8-20-14/h1-2,7-9H,3-6H2,(H,21,23)(H,17,18,19,20). The number of nitrogens with one attached hydrogen (secondary N) is 2. The molecule has 0 radical (unpaired) electrons. The van der Waals surface area contributed by atoms with Crippen molar-refractivity contribution in [3.63, 3.8) is 0 Å². The monoisotopic (exact) mass is 346 g/mol. The number of nitrogens with zero attached hydrogens (tertiary/aromatic N) is 4. The Morgan fingerprint density at radius 1 is 1.29 bits per heavy atom. The van der Waals surface area contributed by atoms with Crippen LogP contribution in [0, 0.1) is 0 Å². The molecule has 0 aromatic carbocycles. The van der Waals surface area contributed by atoms with Crippen LogP contribution in [-0.4, -0.2) is 45.0 Å². The number of hydrogen-bond donors (Lipinski definition) is 2. The molecule has 0 bridgehead atoms. The molecule has 0 aliphatic carbocycles. The first-order chi connectivity index (χ1) is 11.7. The number of H-pyrrole nitrogens is 1. The van der Waals surface area contributed by atoms with Crippen molar-refractivity contribution in [2.75, 3.05) is 18.0 Å². The fourth-order valence-electron chi connectivity index (χ4n) is 2.92. The van der Waals surface area contributed by atoms with E-state index in [4.69, 9.17) is 16.0 Å². The number of anilines is 1. The van der Waals surface area contributed by atoms with Gasteiger partial charge in [-0.1, -0.05) is 0 Å². The number of furan rings is 1. The zero-order chi connectivity index (χ0) is 16.5. The van der Waals surface area contributed by atoms with E-state index < -0.39 is 0 Å². The van der Waals surface area contributed by atoms with Crippen LogP contribution in [0.15, 0.2) is 29.2 Å². The Balaban J connectivity index is 1.40. The zero-order valence-corrected chi connectivity index (χ0v) is 13.5. The van der Waals surface area contributed by atoms with Crippen molar-refractivity contribution in [2.45, 2.75) is 18.9 Å². The molecule has 4 rings (SSSR count). The Morgan fingerprint density at radius 2 is 2.12 bits per heavy atom. The number of aromatic amines is 1. The van der Waals surface area contributed by atoms with Crippen LogP contribution in [0.5, 0.6) is 0 Å². The van der Waals surface area contributed by atoms with Crippen molar-refractivity contribution < 1.29 is 9.21 Å². The Labute approximate surface area is 142 Å². The number of fused-ring (bicyclic) bond motifs is 1. The highest BCUT2D eigenvalue weighted by Gasteiger charge is 2.24. The van der Waals surface area contributed by atoms with Crippen molar-refractivity contribution in [1.82, 2.24) is 25.3 Å². The Bertz CT molecular complexity index is 868. The topological polar surface area (TPSA) is 99.9 Å². The van der Waals surface area contributed by atoms with Crippen LogP contribution in [0.3, 0.4) is 0 Å². The van der Waals surface area contributed by atoms with Gasteiger partial charge in [0.25, 0.3) is 5.91 Å². The van der Waals surface area contributed by atoms with Gasteiger partial charge in [-0.25, -0.2) is 15.0 Å². The first-order valence-corrected chi connectivity index (χ1v) is 8.04. The molecule has 2 N–H and O–H groups in total. The van der Waals surface area contributed by atoms with Crippen LogP contribution in [0.25, 0.3) is 11.2 Å². The summed E-state index contributed by atoms with van der Waals surface area (Å²) in [7, 11) is 0. The average Bonchev–Trinajstić information content (AvgIpc) is 3.24. The van der Waals surface area contributed by atoms with Gasteiger partial charge in [-0.3, -0.25) is 4.79 Å². The second-order valence-corrected chi connectivity index (χ2v) is 6.01. The second-order valence-electron chi connectivity index (χ2n) is 5.64. The Kier molecular flexibility index (Phi) is 3.81. The Morgan fingerprint density at radius 3 is 2.88 bits per heavy atom. The van der Waals surface area contributed by atoms with E-state index in [9.17, 15) is 4.79 Å². The third-order valence-corrected chi connectivity index (χ3v) is 4.33. The zero-order valence-electron chi connectivity index (χ0n) is 12.7. The molecule has 1 saturated heterocycles. The van der Waals surface area contributed by atoms with Crippen LogP contribution in [-0.2, 0) is 0 Å². The summed E-state index contributed by atoms with van der Waals surface area (Å²) in [6.45, 7) is 1.57. The quantitative estimate of drug-likeness (QED) is 0.752. The molecule has 24 heavy (non-hydrogen) atoms. The highest BCUT2D eigenvalue weighted by Crippen LogP contribution is 2.23. The van der Waals surface area contributed by atoms with E-state index in [0.717, 1.165) is 37.3 Å². The summed E-state index contributed by atoms with van der Waals surface area (Å²) in [5.74, 6) is 0.843. The summed E-state index contributed by atoms with van der Waals surface area (Å²) < 4.78 is 5.13. The van der Waals surface area contributed by atoms with E-state index in [2.05, 4.69) is 30.2 Å². The molecule has 0 unspecified atom stereocenters. The van der Waals surface area contributed by atoms with Crippen LogP contribution in [0.4, 0.5) is 5.82 Å². The number of carbonyl (C=O) groups excluding carboxylic acids is 1. The van der Waals surface area contributed by atoms with Crippen molar-refractivity contribution in [2.24, 2.45) is 0 Å². The molecule has 8 nitrogen and oxygen atoms in total. The molecule has 1 aliphatic heterocycles. The minimum atomic E-state index is -0.238. The number of aromatic nitrogens is 4. The van der Waals surface area contributed by atoms with Crippen molar-refractivity contribution >= 4 is 34.5 Å². The van der Waals surface area contributed by atoms with Gasteiger partial charge < -0.3 is 19.6 Å². The lowest BCUT2D eigenvalue weighted by molar-refractivity contribution is 0.0903. The van der Waals surface area contributed by atoms with E-state index in [1.807, 2.05) is 0 Å². The molecule has 9 heteroatoms. The first kappa shape index (κ1) is 14.9. The molecule has 4 heterocycles. The van der Waals surface area contributed by atoms with E-state index in [-0.39, 0.29) is 22.9 Å². The van der Waals surface area contributed by atoms with Crippen molar-refractivity contribution in [3.05, 3.63) is 35.8 Å². The Hall–Kier alpha value is -2.61. The summed E-state index contributed by atoms with van der Waals surface area (Å²) in [5, 5.41) is 3.19. The van der Waals surface area contributed by atoms with Gasteiger partial charge in [-0.2, -0.15) is 0 Å². The molecule has 0 spiro atoms. The maximum Gasteiger partial charge on any atom is 0.287 e. The number of amides is 1. The van der Waals surface area contributed by atoms with Gasteiger partial charge in [0, 0.05) is 19.1 Å². The summed E-state index contributed by atoms with van der Waals surface area (Å²) in [5.41, 5.74) is 1.50. The number of carbonyl (C=O) groups is 1. The van der Waals surface area contributed by atoms with E-state index >= 15 is 0 Å². The van der Waals surface area contributed by atoms with Gasteiger partial charge in [0.1, 0.15) is 11.8 Å². The van der Waals surface area contributed by atoms with E-state index in [1.54, 1.807) is 18.5 Å². The lowest BCUT2D eigenvalue weighted by Gasteiger charge is -2.33. The highest BCUT2D eigenvalue weighted by molar-refractivity contribution is 6.29. The van der Waals surface area contributed by atoms with Gasteiger partial charge >= 0.3 is 0 Å². The molecule has 1 aliphatic rings. The van der Waals surface area contributed by atoms with Crippen LogP contribution >= 0.6 is 11.6 Å². The normalized spacial score (nSPS) is 15.8. The molecular weight excluding hydrogens is 332 g/mol. The van der Waals surface area contributed by atoms with Gasteiger partial charge in [-0.15, -0.1) is 0 Å². The molecule has 3 aromatic heterocycles. The van der Waals surface area contributed by atoms with Crippen LogP contribution in [0.1, 0.15) is 23.4 Å². The minimum absolute atomic E-state index is 0.0942. The number of hydrogen-bond acceptors (Lipinski definition) is 6. The molecule has 1 fully saturated rings. The fraction of sp³-hybridized carbons (Fsp3) is 0.333. The SMILES string of the molecule is O=C(NC1CCN(c2ncnc3nc[nH]c23)CC1)c1ccc(Cl)o1. The summed E-state index contributed by atoms with van der Waals surface area (Å²) >= 11 is 5.70. The predicted octanol–water partition coefficient (Wildman–Crippen LogP) is 2.00. The summed E-state index contributed by atoms with van der Waals surface area (Å²) in [6.07, 6.45) is 4.77. The molecule has 124 valence electrons. The average molecular weight is 347 g/mol. The molecule has 0 atom stereocenters. The van der Waals surface area contributed by atoms with E-state index in [0.29, 0.717) is 5.65 Å². The third-order valence-electron chi connectivity index (χ3n) is 4.13. The molecule has 1 amide bonds. The smallest absolute Gasteiger partial charge is 0.287 e. The predicted molar refractivity (Wildman–Crippen MR) is 88.1 cm³/mol. The minimum Gasteiger partial charge on any atom is -0.440 e. The molecule has 0 saturated carbocycles. The van der Waals surface area contributed by atoms with Crippen molar-refractivity contribution in [3.8, 4) is 0 Å². The third kappa shape index (κ3) is 2.80. The van der Waals surface area contributed by atoms with E-state index in [1.165, 1.54) is 6.33 Å². The van der Waals surface area contributed by atoms with Gasteiger partial charge in [0.15, 0.2) is 22.4 Å². The summed E-state index contributed by atoms with van der Waals surface area (Å²) in [4.78, 5) is 30.0. The van der Waals surface area contributed by atoms with Crippen molar-refractivity contribution in [1.29, 1.82) is 0 Å². The maximum absolute atomic E-state index is 12.1. The van der Waals surface area contributed by atoms with Gasteiger partial charge in [0.2, 0.25) is 0 Å². The van der Waals surface area contributed by atoms with Crippen LogP contribution < -0.4 is 10.2 Å².